The highest BCUT2D eigenvalue weighted by atomic mass is 32.2. The van der Waals surface area contributed by atoms with Crippen molar-refractivity contribution < 1.29 is 39.4 Å². The van der Waals surface area contributed by atoms with E-state index in [-0.39, 0.29) is 31.6 Å². The maximum Gasteiger partial charge on any atom is 0.114 e. The molecule has 0 aromatic heterocycles. The van der Waals surface area contributed by atoms with Gasteiger partial charge >= 0.3 is 0 Å². The van der Waals surface area contributed by atoms with Crippen LogP contribution in [-0.2, 0) is 19.0 Å². The Kier molecular flexibility index (Phi) is 13.1. The van der Waals surface area contributed by atoms with Gasteiger partial charge in [-0.2, -0.15) is 11.8 Å². The molecule has 6 atom stereocenters. The molecule has 0 aromatic carbocycles. The van der Waals surface area contributed by atoms with Crippen LogP contribution in [0.15, 0.2) is 0 Å². The summed E-state index contributed by atoms with van der Waals surface area (Å²) in [6.07, 6.45) is -2.69. The van der Waals surface area contributed by atoms with Crippen LogP contribution in [0.5, 0.6) is 0 Å². The van der Waals surface area contributed by atoms with Gasteiger partial charge in [-0.25, -0.2) is 0 Å². The lowest BCUT2D eigenvalue weighted by atomic mass is 9.78. The predicted octanol–water partition coefficient (Wildman–Crippen LogP) is -0.0642. The highest BCUT2D eigenvalue weighted by Crippen LogP contribution is 2.35. The molecular weight excluding hydrogens is 450 g/mol. The first kappa shape index (κ1) is 30.6. The Bertz CT molecular complexity index is 566. The molecule has 10 heteroatoms. The molecule has 6 unspecified atom stereocenters. The van der Waals surface area contributed by atoms with E-state index in [9.17, 15) is 25.2 Å². The largest absolute Gasteiger partial charge is 0.550 e. The molecule has 0 bridgehead atoms. The molecule has 4 N–H and O–H groups in total. The van der Waals surface area contributed by atoms with Crippen molar-refractivity contribution >= 4 is 17.7 Å². The molecule has 0 saturated carbocycles. The van der Waals surface area contributed by atoms with Crippen LogP contribution in [0, 0.1) is 5.41 Å². The number of nitrogens with one attached hydrogen (secondary N) is 1. The van der Waals surface area contributed by atoms with E-state index in [0.717, 1.165) is 12.2 Å². The number of hydrogen-bond donors (Lipinski definition) is 4. The number of aliphatic hydroxyl groups excluding tert-OH is 3. The molecule has 1 saturated heterocycles. The lowest BCUT2D eigenvalue weighted by Crippen LogP contribution is -2.67. The van der Waals surface area contributed by atoms with Gasteiger partial charge in [-0.15, -0.1) is 0 Å². The van der Waals surface area contributed by atoms with Gasteiger partial charge in [0.2, 0.25) is 0 Å². The third kappa shape index (κ3) is 11.7. The number of aliphatic hydroxyl groups is 3. The molecule has 0 aliphatic carbocycles. The number of carboxylic acid groups (broad SMARTS) is 1. The lowest BCUT2D eigenvalue weighted by Gasteiger charge is -2.50. The minimum Gasteiger partial charge on any atom is -0.550 e. The molecule has 1 heterocycles. The van der Waals surface area contributed by atoms with E-state index in [1.54, 1.807) is 0 Å². The van der Waals surface area contributed by atoms with Crippen LogP contribution in [-0.4, -0.2) is 101 Å². The van der Waals surface area contributed by atoms with Gasteiger partial charge in [0.1, 0.15) is 18.3 Å². The van der Waals surface area contributed by atoms with Crippen LogP contribution in [0.3, 0.4) is 0 Å². The molecule has 1 rings (SSSR count). The number of thioether (sulfide) groups is 1. The fourth-order valence-corrected chi connectivity index (χ4v) is 4.53. The second kappa shape index (κ2) is 14.2. The maximum atomic E-state index is 11.2. The SMILES string of the molecule is CC(C)(C)OC1C(CO)OC(C(C)(C)C)C(NCC(O)COCCCSCCC(=O)[O-])C1O. The first-order chi connectivity index (χ1) is 15.3. The van der Waals surface area contributed by atoms with Gasteiger partial charge < -0.3 is 44.7 Å². The van der Waals surface area contributed by atoms with E-state index in [0.29, 0.717) is 12.4 Å². The van der Waals surface area contributed by atoms with Crippen molar-refractivity contribution in [3.05, 3.63) is 0 Å². The average molecular weight is 495 g/mol. The second-order valence-electron chi connectivity index (χ2n) is 10.6. The van der Waals surface area contributed by atoms with Crippen LogP contribution in [0.1, 0.15) is 54.4 Å². The van der Waals surface area contributed by atoms with Crippen molar-refractivity contribution in [3.63, 3.8) is 0 Å². The highest BCUT2D eigenvalue weighted by Gasteiger charge is 2.50. The van der Waals surface area contributed by atoms with Gasteiger partial charge in [-0.05, 0) is 50.5 Å². The van der Waals surface area contributed by atoms with E-state index in [1.165, 1.54) is 11.8 Å². The first-order valence-electron chi connectivity index (χ1n) is 11.6. The Balaban J connectivity index is 2.56. The van der Waals surface area contributed by atoms with Crippen LogP contribution >= 0.6 is 11.8 Å². The van der Waals surface area contributed by atoms with Gasteiger partial charge in [0.05, 0.1) is 37.1 Å². The van der Waals surface area contributed by atoms with Gasteiger partial charge in [0.25, 0.3) is 0 Å². The molecule has 1 aliphatic heterocycles. The molecule has 1 fully saturated rings. The van der Waals surface area contributed by atoms with Crippen molar-refractivity contribution in [1.82, 2.24) is 5.32 Å². The Hall–Kier alpha value is -0.460. The van der Waals surface area contributed by atoms with Crippen molar-refractivity contribution in [1.29, 1.82) is 0 Å². The number of ether oxygens (including phenoxy) is 3. The quantitative estimate of drug-likeness (QED) is 0.243. The van der Waals surface area contributed by atoms with Crippen molar-refractivity contribution in [3.8, 4) is 0 Å². The normalized spacial score (nSPS) is 27.5. The molecule has 0 radical (unpaired) electrons. The maximum absolute atomic E-state index is 11.2. The zero-order valence-corrected chi connectivity index (χ0v) is 21.7. The minimum absolute atomic E-state index is 0.0445. The summed E-state index contributed by atoms with van der Waals surface area (Å²) in [6.45, 7) is 12.2. The summed E-state index contributed by atoms with van der Waals surface area (Å²) >= 11 is 1.53. The Morgan fingerprint density at radius 2 is 1.88 bits per heavy atom. The third-order valence-electron chi connectivity index (χ3n) is 5.17. The van der Waals surface area contributed by atoms with E-state index in [4.69, 9.17) is 14.2 Å². The molecule has 0 amide bonds. The van der Waals surface area contributed by atoms with Gasteiger partial charge in [0.15, 0.2) is 0 Å². The smallest absolute Gasteiger partial charge is 0.114 e. The third-order valence-corrected chi connectivity index (χ3v) is 6.24. The first-order valence-corrected chi connectivity index (χ1v) is 12.8. The standard InChI is InChI=1S/C23H45NO8S/c1-22(2,3)21-18(19(29)20(16(13-25)31-21)32-23(4,5)6)24-12-15(26)14-30-9-7-10-33-11-8-17(27)28/h15-16,18-21,24-26,29H,7-14H2,1-6H3,(H,27,28)/p-1. The van der Waals surface area contributed by atoms with Crippen molar-refractivity contribution in [2.45, 2.75) is 96.5 Å². The van der Waals surface area contributed by atoms with Crippen LogP contribution in [0.2, 0.25) is 0 Å². The lowest BCUT2D eigenvalue weighted by molar-refractivity contribution is -0.305. The molecular formula is C23H44NO8S-. The zero-order valence-electron chi connectivity index (χ0n) is 20.9. The summed E-state index contributed by atoms with van der Waals surface area (Å²) in [4.78, 5) is 10.4. The van der Waals surface area contributed by atoms with Gasteiger partial charge in [-0.1, -0.05) is 20.8 Å². The molecule has 0 aromatic rings. The zero-order chi connectivity index (χ0) is 25.2. The van der Waals surface area contributed by atoms with E-state index in [1.807, 2.05) is 41.5 Å². The van der Waals surface area contributed by atoms with Gasteiger partial charge in [0, 0.05) is 19.1 Å². The number of hydrogen-bond acceptors (Lipinski definition) is 10. The molecule has 0 spiro atoms. The topological polar surface area (TPSA) is 141 Å². The summed E-state index contributed by atoms with van der Waals surface area (Å²) in [5.74, 6) is 0.258. The number of carbonyl (C=O) groups is 1. The van der Waals surface area contributed by atoms with Crippen molar-refractivity contribution in [2.75, 3.05) is 37.9 Å². The minimum atomic E-state index is -1.04. The number of carboxylic acids is 1. The Labute approximate surface area is 202 Å². The summed E-state index contributed by atoms with van der Waals surface area (Å²) in [7, 11) is 0. The summed E-state index contributed by atoms with van der Waals surface area (Å²) in [5.41, 5.74) is -0.855. The van der Waals surface area contributed by atoms with E-state index >= 15 is 0 Å². The molecule has 9 nitrogen and oxygen atoms in total. The molecule has 1 aliphatic rings. The molecule has 33 heavy (non-hydrogen) atoms. The van der Waals surface area contributed by atoms with E-state index in [2.05, 4.69) is 5.32 Å². The summed E-state index contributed by atoms with van der Waals surface area (Å²) < 4.78 is 17.7. The average Bonchev–Trinajstić information content (AvgIpc) is 2.68. The summed E-state index contributed by atoms with van der Waals surface area (Å²) in [6, 6.07) is -0.505. The summed E-state index contributed by atoms with van der Waals surface area (Å²) in [5, 5.41) is 45.0. The predicted molar refractivity (Wildman–Crippen MR) is 126 cm³/mol. The highest BCUT2D eigenvalue weighted by molar-refractivity contribution is 7.99. The number of rotatable bonds is 14. The van der Waals surface area contributed by atoms with Crippen LogP contribution in [0.4, 0.5) is 0 Å². The second-order valence-corrected chi connectivity index (χ2v) is 11.8. The Morgan fingerprint density at radius 1 is 1.21 bits per heavy atom. The van der Waals surface area contributed by atoms with Crippen LogP contribution < -0.4 is 10.4 Å². The number of carbonyl (C=O) groups excluding carboxylic acids is 1. The monoisotopic (exact) mass is 494 g/mol. The fraction of sp³-hybridized carbons (Fsp3) is 0.957. The fourth-order valence-electron chi connectivity index (χ4n) is 3.70. The Morgan fingerprint density at radius 3 is 2.42 bits per heavy atom. The number of aliphatic carboxylic acids is 1. The molecule has 196 valence electrons. The van der Waals surface area contributed by atoms with Gasteiger partial charge in [-0.3, -0.25) is 0 Å². The van der Waals surface area contributed by atoms with Crippen LogP contribution in [0.25, 0.3) is 0 Å². The van der Waals surface area contributed by atoms with E-state index < -0.39 is 48.1 Å². The van der Waals surface area contributed by atoms with Crippen molar-refractivity contribution in [2.24, 2.45) is 5.41 Å².